The number of hydrogen-bond donors (Lipinski definition) is 2. The molecule has 2 heterocycles. The molecule has 2 aliphatic heterocycles. The molecule has 3 aliphatic rings. The zero-order valence-corrected chi connectivity index (χ0v) is 13.9. The highest BCUT2D eigenvalue weighted by molar-refractivity contribution is 5.80. The van der Waals surface area contributed by atoms with Crippen LogP contribution >= 0.6 is 0 Å². The van der Waals surface area contributed by atoms with E-state index in [-0.39, 0.29) is 18.0 Å². The molecule has 0 aromatic carbocycles. The Bertz CT molecular complexity index is 464. The zero-order valence-electron chi connectivity index (χ0n) is 13.9. The van der Waals surface area contributed by atoms with Crippen LogP contribution in [0.4, 0.5) is 4.79 Å². The molecule has 0 radical (unpaired) electrons. The second kappa shape index (κ2) is 6.67. The third kappa shape index (κ3) is 3.32. The lowest BCUT2D eigenvalue weighted by Crippen LogP contribution is -2.45. The molecule has 3 fully saturated rings. The molecule has 0 aromatic rings. The summed E-state index contributed by atoms with van der Waals surface area (Å²) < 4.78 is 5.37. The molecular formula is C17H28N2O4. The molecule has 6 heteroatoms. The average molecular weight is 324 g/mol. The van der Waals surface area contributed by atoms with Crippen LogP contribution in [0, 0.1) is 17.3 Å². The van der Waals surface area contributed by atoms with Gasteiger partial charge in [0.05, 0.1) is 5.41 Å². The van der Waals surface area contributed by atoms with Crippen molar-refractivity contribution in [1.29, 1.82) is 0 Å². The summed E-state index contributed by atoms with van der Waals surface area (Å²) in [5, 5.41) is 12.7. The molecule has 6 nitrogen and oxygen atoms in total. The SMILES string of the molecule is CC(CC1CCOCC1)NC(=O)N1C[C@@H]2CCC[C@@]2(C(=O)O)C1. The fourth-order valence-electron chi connectivity index (χ4n) is 4.64. The summed E-state index contributed by atoms with van der Waals surface area (Å²) in [6.45, 7) is 4.63. The third-order valence-electron chi connectivity index (χ3n) is 5.98. The number of amides is 2. The van der Waals surface area contributed by atoms with Gasteiger partial charge in [-0.15, -0.1) is 0 Å². The quantitative estimate of drug-likeness (QED) is 0.830. The Morgan fingerprint density at radius 3 is 2.74 bits per heavy atom. The van der Waals surface area contributed by atoms with Gasteiger partial charge >= 0.3 is 12.0 Å². The van der Waals surface area contributed by atoms with Crippen molar-refractivity contribution < 1.29 is 19.4 Å². The number of urea groups is 1. The Morgan fingerprint density at radius 2 is 2.09 bits per heavy atom. The number of carboxylic acid groups (broad SMARTS) is 1. The number of ether oxygens (including phenoxy) is 1. The van der Waals surface area contributed by atoms with Gasteiger partial charge in [-0.05, 0) is 50.9 Å². The van der Waals surface area contributed by atoms with E-state index in [1.54, 1.807) is 4.90 Å². The smallest absolute Gasteiger partial charge is 0.317 e. The summed E-state index contributed by atoms with van der Waals surface area (Å²) in [6.07, 6.45) is 5.69. The van der Waals surface area contributed by atoms with Crippen molar-refractivity contribution in [2.45, 2.75) is 51.5 Å². The van der Waals surface area contributed by atoms with Gasteiger partial charge < -0.3 is 20.1 Å². The van der Waals surface area contributed by atoms with Crippen LogP contribution < -0.4 is 5.32 Å². The summed E-state index contributed by atoms with van der Waals surface area (Å²) in [6, 6.07) is 0.0198. The summed E-state index contributed by atoms with van der Waals surface area (Å²) in [5.74, 6) is 0.00414. The minimum atomic E-state index is -0.731. The van der Waals surface area contributed by atoms with E-state index >= 15 is 0 Å². The Balaban J connectivity index is 1.52. The van der Waals surface area contributed by atoms with Crippen molar-refractivity contribution in [2.75, 3.05) is 26.3 Å². The molecule has 130 valence electrons. The lowest BCUT2D eigenvalue weighted by molar-refractivity contribution is -0.149. The minimum absolute atomic E-state index is 0.0976. The highest BCUT2D eigenvalue weighted by Crippen LogP contribution is 2.48. The molecule has 3 atom stereocenters. The van der Waals surface area contributed by atoms with Gasteiger partial charge in [-0.1, -0.05) is 6.42 Å². The fourth-order valence-corrected chi connectivity index (χ4v) is 4.64. The lowest BCUT2D eigenvalue weighted by Gasteiger charge is -2.27. The van der Waals surface area contributed by atoms with Crippen LogP contribution in [0.5, 0.6) is 0 Å². The van der Waals surface area contributed by atoms with Gasteiger partial charge in [-0.2, -0.15) is 0 Å². The average Bonchev–Trinajstić information content (AvgIpc) is 3.06. The van der Waals surface area contributed by atoms with Crippen LogP contribution in [-0.2, 0) is 9.53 Å². The van der Waals surface area contributed by atoms with E-state index in [0.717, 1.165) is 45.3 Å². The number of carbonyl (C=O) groups is 2. The number of rotatable bonds is 4. The Labute approximate surface area is 137 Å². The van der Waals surface area contributed by atoms with E-state index in [1.165, 1.54) is 0 Å². The predicted molar refractivity (Wildman–Crippen MR) is 85.1 cm³/mol. The lowest BCUT2D eigenvalue weighted by atomic mass is 9.81. The second-order valence-corrected chi connectivity index (χ2v) is 7.57. The zero-order chi connectivity index (χ0) is 16.4. The van der Waals surface area contributed by atoms with Gasteiger partial charge in [0.25, 0.3) is 0 Å². The van der Waals surface area contributed by atoms with Crippen LogP contribution in [-0.4, -0.2) is 54.4 Å². The molecule has 1 saturated carbocycles. The topological polar surface area (TPSA) is 78.9 Å². The summed E-state index contributed by atoms with van der Waals surface area (Å²) in [4.78, 5) is 25.9. The number of fused-ring (bicyclic) bond motifs is 1. The molecule has 2 amide bonds. The normalized spacial score (nSPS) is 32.6. The van der Waals surface area contributed by atoms with Crippen molar-refractivity contribution in [3.8, 4) is 0 Å². The van der Waals surface area contributed by atoms with Gasteiger partial charge in [0.2, 0.25) is 0 Å². The van der Waals surface area contributed by atoms with Gasteiger partial charge in [0.15, 0.2) is 0 Å². The molecule has 23 heavy (non-hydrogen) atoms. The summed E-state index contributed by atoms with van der Waals surface area (Å²) in [7, 11) is 0. The second-order valence-electron chi connectivity index (χ2n) is 7.57. The maximum absolute atomic E-state index is 12.5. The minimum Gasteiger partial charge on any atom is -0.481 e. The third-order valence-corrected chi connectivity index (χ3v) is 5.98. The maximum Gasteiger partial charge on any atom is 0.317 e. The summed E-state index contributed by atoms with van der Waals surface area (Å²) in [5.41, 5.74) is -0.693. The highest BCUT2D eigenvalue weighted by Gasteiger charge is 2.55. The van der Waals surface area contributed by atoms with Crippen molar-refractivity contribution in [2.24, 2.45) is 17.3 Å². The molecule has 0 aromatic heterocycles. The van der Waals surface area contributed by atoms with Crippen molar-refractivity contribution in [1.82, 2.24) is 10.2 Å². The Hall–Kier alpha value is -1.30. The largest absolute Gasteiger partial charge is 0.481 e. The summed E-state index contributed by atoms with van der Waals surface area (Å²) >= 11 is 0. The molecular weight excluding hydrogens is 296 g/mol. The molecule has 0 bridgehead atoms. The van der Waals surface area contributed by atoms with Gasteiger partial charge in [0, 0.05) is 32.3 Å². The van der Waals surface area contributed by atoms with E-state index in [0.29, 0.717) is 25.4 Å². The van der Waals surface area contributed by atoms with Crippen LogP contribution in [0.25, 0.3) is 0 Å². The molecule has 0 spiro atoms. The molecule has 2 N–H and O–H groups in total. The van der Waals surface area contributed by atoms with E-state index in [1.807, 2.05) is 6.92 Å². The molecule has 1 unspecified atom stereocenters. The number of carbonyl (C=O) groups excluding carboxylic acids is 1. The number of nitrogens with one attached hydrogen (secondary N) is 1. The number of hydrogen-bond acceptors (Lipinski definition) is 3. The van der Waals surface area contributed by atoms with Crippen molar-refractivity contribution in [3.63, 3.8) is 0 Å². The first-order chi connectivity index (χ1) is 11.0. The molecule has 3 rings (SSSR count). The molecule has 1 aliphatic carbocycles. The first kappa shape index (κ1) is 16.6. The monoisotopic (exact) mass is 324 g/mol. The van der Waals surface area contributed by atoms with E-state index in [2.05, 4.69) is 5.32 Å². The van der Waals surface area contributed by atoms with E-state index < -0.39 is 11.4 Å². The molecule has 2 saturated heterocycles. The van der Waals surface area contributed by atoms with Crippen LogP contribution in [0.15, 0.2) is 0 Å². The van der Waals surface area contributed by atoms with Crippen LogP contribution in [0.3, 0.4) is 0 Å². The first-order valence-electron chi connectivity index (χ1n) is 8.88. The predicted octanol–water partition coefficient (Wildman–Crippen LogP) is 2.09. The highest BCUT2D eigenvalue weighted by atomic mass is 16.5. The Kier molecular flexibility index (Phi) is 4.80. The number of likely N-dealkylation sites (tertiary alicyclic amines) is 1. The fraction of sp³-hybridized carbons (Fsp3) is 0.882. The van der Waals surface area contributed by atoms with Gasteiger partial charge in [-0.25, -0.2) is 4.79 Å². The van der Waals surface area contributed by atoms with E-state index in [4.69, 9.17) is 4.74 Å². The van der Waals surface area contributed by atoms with Gasteiger partial charge in [0.1, 0.15) is 0 Å². The van der Waals surface area contributed by atoms with Crippen LogP contribution in [0.2, 0.25) is 0 Å². The van der Waals surface area contributed by atoms with Gasteiger partial charge in [-0.3, -0.25) is 4.79 Å². The van der Waals surface area contributed by atoms with Crippen molar-refractivity contribution >= 4 is 12.0 Å². The standard InChI is InChI=1S/C17H28N2O4/c1-12(9-13-4-7-23-8-5-13)18-16(22)19-10-14-3-2-6-17(14,11-19)15(20)21/h12-14H,2-11H2,1H3,(H,18,22)(H,20,21)/t12?,14-,17+/m0/s1. The van der Waals surface area contributed by atoms with Crippen LogP contribution in [0.1, 0.15) is 45.4 Å². The van der Waals surface area contributed by atoms with E-state index in [9.17, 15) is 14.7 Å². The first-order valence-corrected chi connectivity index (χ1v) is 8.88. The Morgan fingerprint density at radius 1 is 1.35 bits per heavy atom. The maximum atomic E-state index is 12.5. The number of aliphatic carboxylic acids is 1. The number of carboxylic acids is 1. The van der Waals surface area contributed by atoms with Crippen molar-refractivity contribution in [3.05, 3.63) is 0 Å². The number of nitrogens with zero attached hydrogens (tertiary/aromatic N) is 1.